The second-order valence-corrected chi connectivity index (χ2v) is 3.45. The van der Waals surface area contributed by atoms with Crippen molar-refractivity contribution in [2.24, 2.45) is 5.16 Å². The number of nitrogens with zero attached hydrogens (tertiary/aromatic N) is 1. The van der Waals surface area contributed by atoms with Gasteiger partial charge >= 0.3 is 0 Å². The molecule has 74 valence electrons. The molecule has 0 fully saturated rings. The van der Waals surface area contributed by atoms with Crippen LogP contribution in [-0.4, -0.2) is 16.7 Å². The highest BCUT2D eigenvalue weighted by molar-refractivity contribution is 6.47. The second-order valence-electron chi connectivity index (χ2n) is 2.63. The summed E-state index contributed by atoms with van der Waals surface area (Å²) in [6.07, 6.45) is 0. The lowest BCUT2D eigenvalue weighted by Gasteiger charge is -2.01. The maximum atomic E-state index is 11.0. The highest BCUT2D eigenvalue weighted by Crippen LogP contribution is 2.22. The molecular weight excluding hydrogens is 225 g/mol. The first-order valence-corrected chi connectivity index (χ1v) is 4.50. The summed E-state index contributed by atoms with van der Waals surface area (Å²) in [5.74, 6) is -0.342. The summed E-state index contributed by atoms with van der Waals surface area (Å²) >= 11 is 11.4. The van der Waals surface area contributed by atoms with Crippen molar-refractivity contribution in [3.8, 4) is 0 Å². The van der Waals surface area contributed by atoms with Gasteiger partial charge in [-0.2, -0.15) is 0 Å². The number of benzene rings is 1. The van der Waals surface area contributed by atoms with E-state index in [0.717, 1.165) is 0 Å². The Morgan fingerprint density at radius 1 is 1.36 bits per heavy atom. The number of halogens is 2. The summed E-state index contributed by atoms with van der Waals surface area (Å²) in [5, 5.41) is 12.2. The molecule has 0 atom stereocenters. The van der Waals surface area contributed by atoms with E-state index in [1.54, 1.807) is 6.07 Å². The standard InChI is InChI=1S/C9H7Cl2NO2/c1-5(13)9(12-14)6-2-3-7(10)8(11)4-6/h2-4,14H,1H3/b12-9+. The fraction of sp³-hybridized carbons (Fsp3) is 0.111. The Hall–Kier alpha value is -1.06. The highest BCUT2D eigenvalue weighted by atomic mass is 35.5. The van der Waals surface area contributed by atoms with E-state index in [2.05, 4.69) is 5.16 Å². The Morgan fingerprint density at radius 2 is 2.00 bits per heavy atom. The molecule has 0 heterocycles. The van der Waals surface area contributed by atoms with E-state index >= 15 is 0 Å². The smallest absolute Gasteiger partial charge is 0.182 e. The number of ketones is 1. The summed E-state index contributed by atoms with van der Waals surface area (Å²) in [6, 6.07) is 4.57. The van der Waals surface area contributed by atoms with E-state index < -0.39 is 0 Å². The Labute approximate surface area is 90.9 Å². The molecule has 1 rings (SSSR count). The molecular formula is C9H7Cl2NO2. The van der Waals surface area contributed by atoms with Crippen LogP contribution in [0, 0.1) is 0 Å². The van der Waals surface area contributed by atoms with E-state index in [1.165, 1.54) is 19.1 Å². The van der Waals surface area contributed by atoms with Gasteiger partial charge in [0.25, 0.3) is 0 Å². The largest absolute Gasteiger partial charge is 0.410 e. The normalized spacial score (nSPS) is 11.5. The summed E-state index contributed by atoms with van der Waals surface area (Å²) in [7, 11) is 0. The van der Waals surface area contributed by atoms with Crippen LogP contribution < -0.4 is 0 Å². The molecule has 1 aromatic carbocycles. The first-order valence-electron chi connectivity index (χ1n) is 3.74. The molecule has 14 heavy (non-hydrogen) atoms. The number of hydrogen-bond donors (Lipinski definition) is 1. The molecule has 0 radical (unpaired) electrons. The molecule has 0 aliphatic heterocycles. The highest BCUT2D eigenvalue weighted by Gasteiger charge is 2.11. The van der Waals surface area contributed by atoms with Crippen LogP contribution >= 0.6 is 23.2 Å². The minimum Gasteiger partial charge on any atom is -0.410 e. The van der Waals surface area contributed by atoms with E-state index in [-0.39, 0.29) is 11.5 Å². The summed E-state index contributed by atoms with van der Waals surface area (Å²) < 4.78 is 0. The van der Waals surface area contributed by atoms with Gasteiger partial charge in [0, 0.05) is 12.5 Å². The summed E-state index contributed by atoms with van der Waals surface area (Å²) in [6.45, 7) is 1.30. The molecule has 5 heteroatoms. The first-order chi connectivity index (χ1) is 6.56. The number of hydrogen-bond acceptors (Lipinski definition) is 3. The Bertz CT molecular complexity index is 402. The van der Waals surface area contributed by atoms with Gasteiger partial charge in [0.05, 0.1) is 10.0 Å². The number of carbonyl (C=O) groups is 1. The van der Waals surface area contributed by atoms with Crippen LogP contribution in [-0.2, 0) is 4.79 Å². The molecule has 0 bridgehead atoms. The topological polar surface area (TPSA) is 49.7 Å². The van der Waals surface area contributed by atoms with Gasteiger partial charge in [0.1, 0.15) is 0 Å². The molecule has 0 aromatic heterocycles. The van der Waals surface area contributed by atoms with E-state index in [9.17, 15) is 4.79 Å². The van der Waals surface area contributed by atoms with Crippen LogP contribution in [0.1, 0.15) is 12.5 Å². The van der Waals surface area contributed by atoms with Gasteiger partial charge in [-0.25, -0.2) is 0 Å². The molecule has 1 N–H and O–H groups in total. The van der Waals surface area contributed by atoms with Crippen molar-refractivity contribution in [2.45, 2.75) is 6.92 Å². The van der Waals surface area contributed by atoms with Gasteiger partial charge in [-0.15, -0.1) is 0 Å². The minimum absolute atomic E-state index is 0.0384. The van der Waals surface area contributed by atoms with Crippen molar-refractivity contribution in [1.82, 2.24) is 0 Å². The van der Waals surface area contributed by atoms with E-state index in [4.69, 9.17) is 28.4 Å². The molecule has 0 unspecified atom stereocenters. The average Bonchev–Trinajstić information content (AvgIpc) is 2.11. The quantitative estimate of drug-likeness (QED) is 0.484. The predicted octanol–water partition coefficient (Wildman–Crippen LogP) is 2.76. The van der Waals surface area contributed by atoms with Gasteiger partial charge in [-0.05, 0) is 12.1 Å². The van der Waals surface area contributed by atoms with Gasteiger partial charge in [0.2, 0.25) is 0 Å². The zero-order valence-corrected chi connectivity index (χ0v) is 8.80. The molecule has 0 saturated carbocycles. The second kappa shape index (κ2) is 4.44. The number of rotatable bonds is 2. The van der Waals surface area contributed by atoms with Crippen molar-refractivity contribution >= 4 is 34.7 Å². The Balaban J connectivity index is 3.20. The van der Waals surface area contributed by atoms with Crippen LogP contribution in [0.4, 0.5) is 0 Å². The first kappa shape index (κ1) is 11.0. The monoisotopic (exact) mass is 231 g/mol. The van der Waals surface area contributed by atoms with Crippen molar-refractivity contribution in [1.29, 1.82) is 0 Å². The maximum Gasteiger partial charge on any atom is 0.182 e. The Morgan fingerprint density at radius 3 is 2.43 bits per heavy atom. The van der Waals surface area contributed by atoms with Crippen molar-refractivity contribution in [3.05, 3.63) is 33.8 Å². The fourth-order valence-corrected chi connectivity index (χ4v) is 1.27. The third kappa shape index (κ3) is 2.25. The van der Waals surface area contributed by atoms with E-state index in [1.807, 2.05) is 0 Å². The Kier molecular flexibility index (Phi) is 3.49. The van der Waals surface area contributed by atoms with Crippen LogP contribution in [0.5, 0.6) is 0 Å². The third-order valence-corrected chi connectivity index (χ3v) is 2.37. The van der Waals surface area contributed by atoms with Crippen LogP contribution in [0.2, 0.25) is 10.0 Å². The lowest BCUT2D eigenvalue weighted by Crippen LogP contribution is -2.11. The third-order valence-electron chi connectivity index (χ3n) is 1.63. The SMILES string of the molecule is CC(=O)/C(=N\O)c1ccc(Cl)c(Cl)c1. The summed E-state index contributed by atoms with van der Waals surface area (Å²) in [4.78, 5) is 11.0. The number of oxime groups is 1. The van der Waals surface area contributed by atoms with Crippen molar-refractivity contribution in [2.75, 3.05) is 0 Å². The zero-order chi connectivity index (χ0) is 10.7. The number of carbonyl (C=O) groups excluding carboxylic acids is 1. The van der Waals surface area contributed by atoms with Crippen LogP contribution in [0.3, 0.4) is 0 Å². The summed E-state index contributed by atoms with van der Waals surface area (Å²) in [5.41, 5.74) is 0.401. The number of Topliss-reactive ketones (excluding diaryl/α,β-unsaturated/α-hetero) is 1. The van der Waals surface area contributed by atoms with Gasteiger partial charge in [0.15, 0.2) is 11.5 Å². The molecule has 0 aliphatic carbocycles. The van der Waals surface area contributed by atoms with Crippen molar-refractivity contribution in [3.63, 3.8) is 0 Å². The molecule has 1 aromatic rings. The lowest BCUT2D eigenvalue weighted by molar-refractivity contribution is -0.111. The molecule has 0 aliphatic rings. The molecule has 0 saturated heterocycles. The van der Waals surface area contributed by atoms with Crippen molar-refractivity contribution < 1.29 is 10.0 Å². The fourth-order valence-electron chi connectivity index (χ4n) is 0.975. The molecule has 3 nitrogen and oxygen atoms in total. The predicted molar refractivity (Wildman–Crippen MR) is 55.5 cm³/mol. The zero-order valence-electron chi connectivity index (χ0n) is 7.29. The molecule has 0 amide bonds. The lowest BCUT2D eigenvalue weighted by atomic mass is 10.1. The van der Waals surface area contributed by atoms with Crippen LogP contribution in [0.15, 0.2) is 23.4 Å². The minimum atomic E-state index is -0.342. The molecule has 0 spiro atoms. The van der Waals surface area contributed by atoms with Gasteiger partial charge in [-0.3, -0.25) is 4.79 Å². The van der Waals surface area contributed by atoms with Gasteiger partial charge < -0.3 is 5.21 Å². The average molecular weight is 232 g/mol. The van der Waals surface area contributed by atoms with Crippen LogP contribution in [0.25, 0.3) is 0 Å². The van der Waals surface area contributed by atoms with E-state index in [0.29, 0.717) is 15.6 Å². The van der Waals surface area contributed by atoms with Gasteiger partial charge in [-0.1, -0.05) is 34.4 Å². The maximum absolute atomic E-state index is 11.0.